The van der Waals surface area contributed by atoms with Crippen LogP contribution in [0, 0.1) is 11.7 Å². The highest BCUT2D eigenvalue weighted by Gasteiger charge is 2.32. The van der Waals surface area contributed by atoms with Crippen molar-refractivity contribution >= 4 is 0 Å². The highest BCUT2D eigenvalue weighted by atomic mass is 19.1. The number of nitrogens with zero attached hydrogens (tertiary/aromatic N) is 1. The number of hydrogen-bond donors (Lipinski definition) is 2. The van der Waals surface area contributed by atoms with Gasteiger partial charge in [-0.3, -0.25) is 4.90 Å². The van der Waals surface area contributed by atoms with Crippen molar-refractivity contribution in [3.8, 4) is 11.5 Å². The summed E-state index contributed by atoms with van der Waals surface area (Å²) in [6, 6.07) is 2.55. The molecule has 1 aliphatic rings. The van der Waals surface area contributed by atoms with E-state index in [1.165, 1.54) is 19.2 Å². The van der Waals surface area contributed by atoms with E-state index in [-0.39, 0.29) is 17.5 Å². The predicted molar refractivity (Wildman–Crippen MR) is 67.1 cm³/mol. The highest BCUT2D eigenvalue weighted by molar-refractivity contribution is 5.47. The normalized spacial score (nSPS) is 24.4. The minimum Gasteiger partial charge on any atom is -0.504 e. The van der Waals surface area contributed by atoms with Crippen molar-refractivity contribution in [3.05, 3.63) is 23.5 Å². The van der Waals surface area contributed by atoms with E-state index in [0.29, 0.717) is 18.0 Å². The second-order valence-electron chi connectivity index (χ2n) is 4.84. The van der Waals surface area contributed by atoms with Crippen molar-refractivity contribution in [1.82, 2.24) is 4.90 Å². The molecule has 1 aromatic rings. The van der Waals surface area contributed by atoms with Crippen molar-refractivity contribution in [2.24, 2.45) is 11.7 Å². The molecule has 4 nitrogen and oxygen atoms in total. The lowest BCUT2D eigenvalue weighted by Gasteiger charge is -2.21. The summed E-state index contributed by atoms with van der Waals surface area (Å²) in [5, 5.41) is 10.1. The maximum atomic E-state index is 13.5. The van der Waals surface area contributed by atoms with Gasteiger partial charge < -0.3 is 15.6 Å². The molecule has 0 saturated carbocycles. The number of phenolic OH excluding ortho intramolecular Hbond substituents is 1. The lowest BCUT2D eigenvalue weighted by atomic mass is 9.98. The Bertz CT molecular complexity index is 439. The first kappa shape index (κ1) is 13.1. The zero-order valence-corrected chi connectivity index (χ0v) is 10.7. The van der Waals surface area contributed by atoms with Gasteiger partial charge in [0.1, 0.15) is 5.82 Å². The topological polar surface area (TPSA) is 58.7 Å². The molecule has 2 rings (SSSR count). The van der Waals surface area contributed by atoms with E-state index in [2.05, 4.69) is 4.90 Å². The maximum Gasteiger partial charge on any atom is 0.163 e. The molecule has 1 fully saturated rings. The Morgan fingerprint density at radius 2 is 2.28 bits per heavy atom. The molecule has 0 spiro atoms. The smallest absolute Gasteiger partial charge is 0.163 e. The number of nitrogens with two attached hydrogens (primary N) is 1. The maximum absolute atomic E-state index is 13.5. The van der Waals surface area contributed by atoms with Crippen LogP contribution in [0.15, 0.2) is 12.1 Å². The second kappa shape index (κ2) is 5.12. The van der Waals surface area contributed by atoms with E-state index in [0.717, 1.165) is 13.0 Å². The molecule has 3 N–H and O–H groups in total. The number of hydrogen-bond acceptors (Lipinski definition) is 4. The third kappa shape index (κ3) is 2.28. The first-order valence-corrected chi connectivity index (χ1v) is 6.03. The molecule has 0 aromatic heterocycles. The standard InChI is InChI=1S/C13H19FN2O2/c1-16-7-8(6-15)3-11(16)10-4-9(14)5-12(18-2)13(10)17/h4-5,8,11,17H,3,6-7,15H2,1-2H3. The van der Waals surface area contributed by atoms with Gasteiger partial charge in [0.25, 0.3) is 0 Å². The molecule has 1 heterocycles. The summed E-state index contributed by atoms with van der Waals surface area (Å²) in [7, 11) is 3.37. The predicted octanol–water partition coefficient (Wildman–Crippen LogP) is 1.49. The number of phenols is 1. The van der Waals surface area contributed by atoms with E-state index < -0.39 is 5.82 Å². The Morgan fingerprint density at radius 3 is 2.83 bits per heavy atom. The van der Waals surface area contributed by atoms with Gasteiger partial charge in [0.15, 0.2) is 11.5 Å². The molecular formula is C13H19FN2O2. The van der Waals surface area contributed by atoms with Crippen LogP contribution >= 0.6 is 0 Å². The lowest BCUT2D eigenvalue weighted by Crippen LogP contribution is -2.20. The van der Waals surface area contributed by atoms with Gasteiger partial charge in [-0.15, -0.1) is 0 Å². The van der Waals surface area contributed by atoms with Crippen molar-refractivity contribution in [2.45, 2.75) is 12.5 Å². The summed E-state index contributed by atoms with van der Waals surface area (Å²) < 4.78 is 18.5. The minimum atomic E-state index is -0.399. The van der Waals surface area contributed by atoms with Crippen molar-refractivity contribution in [3.63, 3.8) is 0 Å². The fourth-order valence-corrected chi connectivity index (χ4v) is 2.64. The number of benzene rings is 1. The van der Waals surface area contributed by atoms with Gasteiger partial charge in [-0.1, -0.05) is 0 Å². The minimum absolute atomic E-state index is 0.0110. The molecule has 0 amide bonds. The molecule has 0 radical (unpaired) electrons. The van der Waals surface area contributed by atoms with Gasteiger partial charge >= 0.3 is 0 Å². The van der Waals surface area contributed by atoms with Gasteiger partial charge in [0, 0.05) is 24.2 Å². The average Bonchev–Trinajstić information content (AvgIpc) is 2.73. The highest BCUT2D eigenvalue weighted by Crippen LogP contribution is 2.42. The zero-order chi connectivity index (χ0) is 13.3. The van der Waals surface area contributed by atoms with Gasteiger partial charge in [-0.2, -0.15) is 0 Å². The number of methoxy groups -OCH3 is 1. The van der Waals surface area contributed by atoms with Crippen LogP contribution in [-0.4, -0.2) is 37.3 Å². The molecule has 5 heteroatoms. The van der Waals surface area contributed by atoms with Crippen LogP contribution in [0.1, 0.15) is 18.0 Å². The fourth-order valence-electron chi connectivity index (χ4n) is 2.64. The number of halogens is 1. The van der Waals surface area contributed by atoms with Crippen LogP contribution in [-0.2, 0) is 0 Å². The van der Waals surface area contributed by atoms with Crippen LogP contribution in [0.5, 0.6) is 11.5 Å². The first-order valence-electron chi connectivity index (χ1n) is 6.03. The number of rotatable bonds is 3. The van der Waals surface area contributed by atoms with E-state index in [9.17, 15) is 9.50 Å². The van der Waals surface area contributed by atoms with Crippen LogP contribution in [0.2, 0.25) is 0 Å². The van der Waals surface area contributed by atoms with E-state index in [4.69, 9.17) is 10.5 Å². The molecule has 2 atom stereocenters. The second-order valence-corrected chi connectivity index (χ2v) is 4.84. The monoisotopic (exact) mass is 254 g/mol. The van der Waals surface area contributed by atoms with Gasteiger partial charge in [0.05, 0.1) is 7.11 Å². The Morgan fingerprint density at radius 1 is 1.56 bits per heavy atom. The van der Waals surface area contributed by atoms with Crippen LogP contribution < -0.4 is 10.5 Å². The van der Waals surface area contributed by atoms with Crippen molar-refractivity contribution in [1.29, 1.82) is 0 Å². The lowest BCUT2D eigenvalue weighted by molar-refractivity contribution is 0.299. The van der Waals surface area contributed by atoms with E-state index >= 15 is 0 Å². The quantitative estimate of drug-likeness (QED) is 0.858. The van der Waals surface area contributed by atoms with Crippen LogP contribution in [0.25, 0.3) is 0 Å². The molecule has 18 heavy (non-hydrogen) atoms. The van der Waals surface area contributed by atoms with Gasteiger partial charge in [-0.05, 0) is 32.0 Å². The summed E-state index contributed by atoms with van der Waals surface area (Å²) in [5.74, 6) is 0.181. The van der Waals surface area contributed by atoms with Crippen LogP contribution in [0.3, 0.4) is 0 Å². The summed E-state index contributed by atoms with van der Waals surface area (Å²) in [5.41, 5.74) is 6.25. The third-order valence-corrected chi connectivity index (χ3v) is 3.62. The van der Waals surface area contributed by atoms with E-state index in [1.807, 2.05) is 7.05 Å². The van der Waals surface area contributed by atoms with E-state index in [1.54, 1.807) is 0 Å². The van der Waals surface area contributed by atoms with Gasteiger partial charge in [-0.25, -0.2) is 4.39 Å². The average molecular weight is 254 g/mol. The Kier molecular flexibility index (Phi) is 3.73. The van der Waals surface area contributed by atoms with Crippen LogP contribution in [0.4, 0.5) is 4.39 Å². The number of likely N-dealkylation sites (tertiary alicyclic amines) is 1. The molecule has 1 aromatic carbocycles. The molecule has 100 valence electrons. The third-order valence-electron chi connectivity index (χ3n) is 3.62. The molecule has 0 aliphatic carbocycles. The number of aromatic hydroxyl groups is 1. The fraction of sp³-hybridized carbons (Fsp3) is 0.538. The SMILES string of the molecule is COc1cc(F)cc(C2CC(CN)CN2C)c1O. The summed E-state index contributed by atoms with van der Waals surface area (Å²) in [6.07, 6.45) is 0.827. The Balaban J connectivity index is 2.36. The summed E-state index contributed by atoms with van der Waals surface area (Å²) >= 11 is 0. The first-order chi connectivity index (χ1) is 8.56. The summed E-state index contributed by atoms with van der Waals surface area (Å²) in [6.45, 7) is 1.47. The zero-order valence-electron chi connectivity index (χ0n) is 10.7. The molecule has 1 aliphatic heterocycles. The Hall–Kier alpha value is -1.33. The van der Waals surface area contributed by atoms with Crippen molar-refractivity contribution in [2.75, 3.05) is 27.2 Å². The molecule has 0 bridgehead atoms. The Labute approximate surface area is 106 Å². The summed E-state index contributed by atoms with van der Waals surface area (Å²) in [4.78, 5) is 2.09. The molecule has 2 unspecified atom stereocenters. The molecule has 1 saturated heterocycles. The van der Waals surface area contributed by atoms with Gasteiger partial charge in [0.2, 0.25) is 0 Å². The largest absolute Gasteiger partial charge is 0.504 e. The van der Waals surface area contributed by atoms with Crippen molar-refractivity contribution < 1.29 is 14.2 Å². The number of ether oxygens (including phenoxy) is 1. The molecular weight excluding hydrogens is 235 g/mol.